The Bertz CT molecular complexity index is 636. The lowest BCUT2D eigenvalue weighted by atomic mass is 10.1. The summed E-state index contributed by atoms with van der Waals surface area (Å²) in [6, 6.07) is 6.89. The average molecular weight is 267 g/mol. The molecule has 0 aliphatic carbocycles. The topological polar surface area (TPSA) is 99.4 Å². The van der Waals surface area contributed by atoms with Gasteiger partial charge in [-0.1, -0.05) is 11.6 Å². The molecule has 1 aromatic heterocycles. The van der Waals surface area contributed by atoms with E-state index in [4.69, 9.17) is 21.8 Å². The van der Waals surface area contributed by atoms with Crippen LogP contribution >= 0.6 is 11.6 Å². The maximum Gasteiger partial charge on any atom is 0.284 e. The predicted octanol–water partition coefficient (Wildman–Crippen LogP) is 2.61. The molecule has 0 unspecified atom stereocenters. The van der Waals surface area contributed by atoms with E-state index in [1.807, 2.05) is 0 Å². The highest BCUT2D eigenvalue weighted by Crippen LogP contribution is 2.32. The van der Waals surface area contributed by atoms with Crippen LogP contribution in [0.5, 0.6) is 0 Å². The Balaban J connectivity index is 2.44. The van der Waals surface area contributed by atoms with Gasteiger partial charge in [0.05, 0.1) is 9.95 Å². The van der Waals surface area contributed by atoms with E-state index >= 15 is 0 Å². The molecule has 0 aliphatic rings. The highest BCUT2D eigenvalue weighted by Gasteiger charge is 2.14. The van der Waals surface area contributed by atoms with Crippen molar-refractivity contribution in [1.82, 2.24) is 0 Å². The number of hydrogen-bond donors (Lipinski definition) is 1. The number of primary amides is 1. The number of nitro benzene ring substituents is 1. The molecule has 18 heavy (non-hydrogen) atoms. The van der Waals surface area contributed by atoms with E-state index in [9.17, 15) is 14.9 Å². The molecule has 6 nitrogen and oxygen atoms in total. The van der Waals surface area contributed by atoms with Crippen molar-refractivity contribution >= 4 is 23.2 Å². The lowest BCUT2D eigenvalue weighted by Crippen LogP contribution is -2.09. The summed E-state index contributed by atoms with van der Waals surface area (Å²) < 4.78 is 5.18. The number of hydrogen-bond acceptors (Lipinski definition) is 4. The SMILES string of the molecule is NC(=O)c1ccc(-c2ccc([N+](=O)[O-])cc2Cl)o1. The van der Waals surface area contributed by atoms with Crippen LogP contribution in [0.1, 0.15) is 10.6 Å². The molecule has 92 valence electrons. The highest BCUT2D eigenvalue weighted by molar-refractivity contribution is 6.33. The van der Waals surface area contributed by atoms with E-state index in [-0.39, 0.29) is 16.5 Å². The van der Waals surface area contributed by atoms with Crippen LogP contribution in [0.25, 0.3) is 11.3 Å². The van der Waals surface area contributed by atoms with Gasteiger partial charge in [-0.15, -0.1) is 0 Å². The van der Waals surface area contributed by atoms with Crippen molar-refractivity contribution in [1.29, 1.82) is 0 Å². The zero-order chi connectivity index (χ0) is 13.3. The number of non-ortho nitro benzene ring substituents is 1. The number of amides is 1. The molecule has 0 fully saturated rings. The van der Waals surface area contributed by atoms with Crippen LogP contribution < -0.4 is 5.73 Å². The van der Waals surface area contributed by atoms with Gasteiger partial charge in [-0.05, 0) is 18.2 Å². The fourth-order valence-corrected chi connectivity index (χ4v) is 1.70. The van der Waals surface area contributed by atoms with Crippen LogP contribution in [0.4, 0.5) is 5.69 Å². The summed E-state index contributed by atoms with van der Waals surface area (Å²) in [6.07, 6.45) is 0. The molecule has 1 amide bonds. The normalized spacial score (nSPS) is 10.3. The smallest absolute Gasteiger partial charge is 0.284 e. The number of carbonyl (C=O) groups is 1. The van der Waals surface area contributed by atoms with Crippen LogP contribution in [-0.2, 0) is 0 Å². The number of nitrogens with two attached hydrogens (primary N) is 1. The zero-order valence-electron chi connectivity index (χ0n) is 8.92. The van der Waals surface area contributed by atoms with Crippen LogP contribution in [0.2, 0.25) is 5.02 Å². The van der Waals surface area contributed by atoms with Gasteiger partial charge in [0, 0.05) is 17.7 Å². The molecular weight excluding hydrogens is 260 g/mol. The Kier molecular flexibility index (Phi) is 3.03. The molecule has 0 saturated heterocycles. The van der Waals surface area contributed by atoms with Gasteiger partial charge in [0.25, 0.3) is 11.6 Å². The Morgan fingerprint density at radius 1 is 1.33 bits per heavy atom. The molecule has 1 aromatic carbocycles. The summed E-state index contributed by atoms with van der Waals surface area (Å²) in [7, 11) is 0. The Labute approximate surface area is 106 Å². The van der Waals surface area contributed by atoms with Gasteiger partial charge in [0.15, 0.2) is 5.76 Å². The third kappa shape index (κ3) is 2.18. The monoisotopic (exact) mass is 266 g/mol. The van der Waals surface area contributed by atoms with E-state index in [2.05, 4.69) is 0 Å². The van der Waals surface area contributed by atoms with E-state index in [0.29, 0.717) is 11.3 Å². The fourth-order valence-electron chi connectivity index (χ4n) is 1.43. The molecule has 0 saturated carbocycles. The number of carbonyl (C=O) groups excluding carboxylic acids is 1. The number of rotatable bonds is 3. The number of furan rings is 1. The van der Waals surface area contributed by atoms with Crippen molar-refractivity contribution in [3.05, 3.63) is 51.2 Å². The number of nitrogens with zero attached hydrogens (tertiary/aromatic N) is 1. The minimum absolute atomic E-state index is 0.000538. The van der Waals surface area contributed by atoms with E-state index in [0.717, 1.165) is 0 Å². The molecule has 0 bridgehead atoms. The lowest BCUT2D eigenvalue weighted by Gasteiger charge is -2.00. The first-order chi connectivity index (χ1) is 8.49. The molecule has 2 aromatic rings. The van der Waals surface area contributed by atoms with Crippen LogP contribution in [0.3, 0.4) is 0 Å². The maximum atomic E-state index is 10.9. The minimum atomic E-state index is -0.695. The van der Waals surface area contributed by atoms with E-state index < -0.39 is 10.8 Å². The molecule has 2 rings (SSSR count). The molecule has 0 spiro atoms. The Morgan fingerprint density at radius 3 is 2.56 bits per heavy atom. The predicted molar refractivity (Wildman–Crippen MR) is 64.3 cm³/mol. The van der Waals surface area contributed by atoms with Gasteiger partial charge in [-0.2, -0.15) is 0 Å². The van der Waals surface area contributed by atoms with Gasteiger partial charge in [0.2, 0.25) is 0 Å². The van der Waals surface area contributed by atoms with Crippen LogP contribution in [0.15, 0.2) is 34.7 Å². The second-order valence-corrected chi connectivity index (χ2v) is 3.86. The molecule has 0 aliphatic heterocycles. The second kappa shape index (κ2) is 4.50. The van der Waals surface area contributed by atoms with Gasteiger partial charge in [0.1, 0.15) is 5.76 Å². The van der Waals surface area contributed by atoms with Crippen molar-refractivity contribution in [3.8, 4) is 11.3 Å². The average Bonchev–Trinajstić information content (AvgIpc) is 2.78. The molecule has 1 heterocycles. The zero-order valence-corrected chi connectivity index (χ0v) is 9.68. The molecule has 0 atom stereocenters. The van der Waals surface area contributed by atoms with Gasteiger partial charge < -0.3 is 10.2 Å². The molecular formula is C11H7ClN2O4. The van der Waals surface area contributed by atoms with Crippen molar-refractivity contribution in [2.45, 2.75) is 0 Å². The van der Waals surface area contributed by atoms with Gasteiger partial charge in [-0.25, -0.2) is 0 Å². The maximum absolute atomic E-state index is 10.9. The number of benzene rings is 1. The standard InChI is InChI=1S/C11H7ClN2O4/c12-8-5-6(14(16)17)1-2-7(8)9-3-4-10(18-9)11(13)15/h1-5H,(H2,13,15). The first kappa shape index (κ1) is 12.1. The first-order valence-corrected chi connectivity index (χ1v) is 5.21. The highest BCUT2D eigenvalue weighted by atomic mass is 35.5. The first-order valence-electron chi connectivity index (χ1n) is 4.83. The van der Waals surface area contributed by atoms with Crippen LogP contribution in [-0.4, -0.2) is 10.8 Å². The van der Waals surface area contributed by atoms with Crippen molar-refractivity contribution < 1.29 is 14.1 Å². The quantitative estimate of drug-likeness (QED) is 0.681. The Hall–Kier alpha value is -2.34. The van der Waals surface area contributed by atoms with E-state index in [1.54, 1.807) is 0 Å². The second-order valence-electron chi connectivity index (χ2n) is 3.45. The Morgan fingerprint density at radius 2 is 2.06 bits per heavy atom. The summed E-state index contributed by atoms with van der Waals surface area (Å²) in [5.74, 6) is -0.373. The van der Waals surface area contributed by atoms with E-state index in [1.165, 1.54) is 30.3 Å². The minimum Gasteiger partial charge on any atom is -0.451 e. The molecule has 7 heteroatoms. The van der Waals surface area contributed by atoms with Gasteiger partial charge in [-0.3, -0.25) is 14.9 Å². The summed E-state index contributed by atoms with van der Waals surface area (Å²) in [5, 5.41) is 10.7. The van der Waals surface area contributed by atoms with Crippen molar-refractivity contribution in [2.75, 3.05) is 0 Å². The van der Waals surface area contributed by atoms with Crippen molar-refractivity contribution in [3.63, 3.8) is 0 Å². The largest absolute Gasteiger partial charge is 0.451 e. The summed E-state index contributed by atoms with van der Waals surface area (Å²) in [5.41, 5.74) is 5.39. The number of halogens is 1. The summed E-state index contributed by atoms with van der Waals surface area (Å²) in [4.78, 5) is 20.9. The fraction of sp³-hybridized carbons (Fsp3) is 0. The summed E-state index contributed by atoms with van der Waals surface area (Å²) >= 11 is 5.92. The van der Waals surface area contributed by atoms with Crippen molar-refractivity contribution in [2.24, 2.45) is 5.73 Å². The molecule has 2 N–H and O–H groups in total. The lowest BCUT2D eigenvalue weighted by molar-refractivity contribution is -0.384. The summed E-state index contributed by atoms with van der Waals surface area (Å²) in [6.45, 7) is 0. The van der Waals surface area contributed by atoms with Gasteiger partial charge >= 0.3 is 0 Å². The number of nitro groups is 1. The third-order valence-electron chi connectivity index (χ3n) is 2.28. The van der Waals surface area contributed by atoms with Crippen LogP contribution in [0, 0.1) is 10.1 Å². The molecule has 0 radical (unpaired) electrons. The third-order valence-corrected chi connectivity index (χ3v) is 2.59.